The van der Waals surface area contributed by atoms with E-state index in [9.17, 15) is 4.79 Å². The van der Waals surface area contributed by atoms with E-state index >= 15 is 0 Å². The Labute approximate surface area is 152 Å². The standard InChI is InChI=1S/C18H27NO2S.C2H6/c1-18(2,3)21-17(20)19-12-11-15(14-19)8-7-13-22-16-9-5-4-6-10-16;1-2/h4-6,9-10,15H,7-8,11-14H2,1-3H3;1-2H3/t15-;/m0./s1. The van der Waals surface area contributed by atoms with Crippen LogP contribution >= 0.6 is 11.8 Å². The lowest BCUT2D eigenvalue weighted by Crippen LogP contribution is -2.35. The predicted octanol–water partition coefficient (Wildman–Crippen LogP) is 5.84. The number of carbonyl (C=O) groups is 1. The molecule has 0 spiro atoms. The van der Waals surface area contributed by atoms with Gasteiger partial charge in [0, 0.05) is 18.0 Å². The molecule has 1 saturated heterocycles. The highest BCUT2D eigenvalue weighted by atomic mass is 32.2. The van der Waals surface area contributed by atoms with Gasteiger partial charge in [-0.1, -0.05) is 32.0 Å². The number of rotatable bonds is 5. The minimum absolute atomic E-state index is 0.159. The number of thioether (sulfide) groups is 1. The van der Waals surface area contributed by atoms with Gasteiger partial charge in [-0.25, -0.2) is 4.79 Å². The van der Waals surface area contributed by atoms with E-state index < -0.39 is 5.60 Å². The molecule has 1 aliphatic heterocycles. The number of hydrogen-bond donors (Lipinski definition) is 0. The van der Waals surface area contributed by atoms with Crippen molar-refractivity contribution in [2.45, 2.75) is 64.4 Å². The van der Waals surface area contributed by atoms with Crippen molar-refractivity contribution in [3.8, 4) is 0 Å². The Balaban J connectivity index is 0.00000139. The van der Waals surface area contributed by atoms with Gasteiger partial charge in [-0.2, -0.15) is 0 Å². The van der Waals surface area contributed by atoms with Gasteiger partial charge in [0.05, 0.1) is 0 Å². The highest BCUT2D eigenvalue weighted by Gasteiger charge is 2.29. The molecule has 3 nitrogen and oxygen atoms in total. The topological polar surface area (TPSA) is 29.5 Å². The Kier molecular flexibility index (Phi) is 9.27. The van der Waals surface area contributed by atoms with Crippen LogP contribution in [-0.4, -0.2) is 35.4 Å². The Bertz CT molecular complexity index is 470. The van der Waals surface area contributed by atoms with Gasteiger partial charge in [0.15, 0.2) is 0 Å². The monoisotopic (exact) mass is 351 g/mol. The molecule has 2 rings (SSSR count). The molecule has 24 heavy (non-hydrogen) atoms. The molecular weight excluding hydrogens is 318 g/mol. The Morgan fingerprint density at radius 3 is 2.54 bits per heavy atom. The van der Waals surface area contributed by atoms with Crippen LogP contribution in [0.1, 0.15) is 53.9 Å². The number of benzene rings is 1. The summed E-state index contributed by atoms with van der Waals surface area (Å²) in [5, 5.41) is 0. The Morgan fingerprint density at radius 1 is 1.25 bits per heavy atom. The fraction of sp³-hybridized carbons (Fsp3) is 0.650. The quantitative estimate of drug-likeness (QED) is 0.493. The third-order valence-electron chi connectivity index (χ3n) is 3.71. The molecule has 1 atom stereocenters. The predicted molar refractivity (Wildman–Crippen MR) is 104 cm³/mol. The summed E-state index contributed by atoms with van der Waals surface area (Å²) in [6, 6.07) is 10.5. The zero-order valence-electron chi connectivity index (χ0n) is 15.9. The van der Waals surface area contributed by atoms with E-state index in [1.165, 1.54) is 17.7 Å². The van der Waals surface area contributed by atoms with Gasteiger partial charge in [0.25, 0.3) is 0 Å². The van der Waals surface area contributed by atoms with Crippen molar-refractivity contribution >= 4 is 17.9 Å². The fourth-order valence-corrected chi connectivity index (χ4v) is 3.54. The Hall–Kier alpha value is -1.16. The molecule has 1 amide bonds. The maximum Gasteiger partial charge on any atom is 0.410 e. The van der Waals surface area contributed by atoms with E-state index in [0.29, 0.717) is 5.92 Å². The van der Waals surface area contributed by atoms with Crippen molar-refractivity contribution in [2.75, 3.05) is 18.8 Å². The van der Waals surface area contributed by atoms with E-state index in [-0.39, 0.29) is 6.09 Å². The van der Waals surface area contributed by atoms with Gasteiger partial charge >= 0.3 is 6.09 Å². The maximum absolute atomic E-state index is 12.0. The van der Waals surface area contributed by atoms with Crippen molar-refractivity contribution in [3.05, 3.63) is 30.3 Å². The first-order chi connectivity index (χ1) is 11.4. The second-order valence-electron chi connectivity index (χ2n) is 6.88. The number of ether oxygens (including phenoxy) is 1. The molecule has 1 aromatic carbocycles. The number of carbonyl (C=O) groups excluding carboxylic acids is 1. The summed E-state index contributed by atoms with van der Waals surface area (Å²) in [7, 11) is 0. The average Bonchev–Trinajstić information content (AvgIpc) is 3.02. The third kappa shape index (κ3) is 8.09. The molecule has 1 aliphatic rings. The van der Waals surface area contributed by atoms with Crippen LogP contribution in [0.15, 0.2) is 35.2 Å². The fourth-order valence-electron chi connectivity index (χ4n) is 2.64. The SMILES string of the molecule is CC.CC(C)(C)OC(=O)N1CC[C@H](CCCSc2ccccc2)C1. The van der Waals surface area contributed by atoms with Crippen molar-refractivity contribution in [3.63, 3.8) is 0 Å². The summed E-state index contributed by atoms with van der Waals surface area (Å²) in [6.45, 7) is 11.4. The van der Waals surface area contributed by atoms with Crippen LogP contribution in [0.3, 0.4) is 0 Å². The van der Waals surface area contributed by atoms with E-state index in [2.05, 4.69) is 24.3 Å². The normalized spacial score (nSPS) is 17.2. The molecule has 0 aliphatic carbocycles. The molecule has 0 N–H and O–H groups in total. The largest absolute Gasteiger partial charge is 0.444 e. The minimum atomic E-state index is -0.401. The molecule has 4 heteroatoms. The molecule has 1 heterocycles. The van der Waals surface area contributed by atoms with E-state index in [1.54, 1.807) is 0 Å². The van der Waals surface area contributed by atoms with Gasteiger partial charge in [-0.3, -0.25) is 0 Å². The number of hydrogen-bond acceptors (Lipinski definition) is 3. The van der Waals surface area contributed by atoms with Crippen LogP contribution < -0.4 is 0 Å². The lowest BCUT2D eigenvalue weighted by Gasteiger charge is -2.24. The zero-order chi connectivity index (χ0) is 18.0. The molecule has 0 bridgehead atoms. The lowest BCUT2D eigenvalue weighted by molar-refractivity contribution is 0.0287. The van der Waals surface area contributed by atoms with Crippen LogP contribution in [0.5, 0.6) is 0 Å². The van der Waals surface area contributed by atoms with Crippen LogP contribution in [0, 0.1) is 5.92 Å². The van der Waals surface area contributed by atoms with E-state index in [0.717, 1.165) is 25.3 Å². The smallest absolute Gasteiger partial charge is 0.410 e. The van der Waals surface area contributed by atoms with Gasteiger partial charge in [0.1, 0.15) is 5.60 Å². The summed E-state index contributed by atoms with van der Waals surface area (Å²) in [6.07, 6.45) is 3.34. The van der Waals surface area contributed by atoms with Crippen LogP contribution in [0.4, 0.5) is 4.79 Å². The summed E-state index contributed by atoms with van der Waals surface area (Å²) in [5.74, 6) is 1.77. The van der Waals surface area contributed by atoms with Gasteiger partial charge in [-0.05, 0) is 63.8 Å². The van der Waals surface area contributed by atoms with E-state index in [1.807, 2.05) is 57.3 Å². The van der Waals surface area contributed by atoms with Crippen molar-refractivity contribution in [1.29, 1.82) is 0 Å². The first-order valence-electron chi connectivity index (χ1n) is 9.10. The zero-order valence-corrected chi connectivity index (χ0v) is 16.7. The van der Waals surface area contributed by atoms with Crippen LogP contribution in [0.25, 0.3) is 0 Å². The molecule has 0 unspecified atom stereocenters. The molecule has 0 aromatic heterocycles. The summed E-state index contributed by atoms with van der Waals surface area (Å²) in [5.41, 5.74) is -0.401. The molecule has 0 radical (unpaired) electrons. The molecule has 1 fully saturated rings. The van der Waals surface area contributed by atoms with Crippen molar-refractivity contribution in [2.24, 2.45) is 5.92 Å². The summed E-state index contributed by atoms with van der Waals surface area (Å²) < 4.78 is 5.44. The summed E-state index contributed by atoms with van der Waals surface area (Å²) in [4.78, 5) is 15.2. The second-order valence-corrected chi connectivity index (χ2v) is 8.05. The molecule has 0 saturated carbocycles. The first kappa shape index (κ1) is 20.9. The number of nitrogens with zero attached hydrogens (tertiary/aromatic N) is 1. The van der Waals surface area contributed by atoms with Gasteiger partial charge < -0.3 is 9.64 Å². The van der Waals surface area contributed by atoms with Gasteiger partial charge in [-0.15, -0.1) is 11.8 Å². The van der Waals surface area contributed by atoms with Crippen LogP contribution in [0.2, 0.25) is 0 Å². The van der Waals surface area contributed by atoms with Crippen LogP contribution in [-0.2, 0) is 4.74 Å². The maximum atomic E-state index is 12.0. The van der Waals surface area contributed by atoms with Crippen molar-refractivity contribution in [1.82, 2.24) is 4.90 Å². The minimum Gasteiger partial charge on any atom is -0.444 e. The molecular formula is C20H33NO2S. The molecule has 136 valence electrons. The summed E-state index contributed by atoms with van der Waals surface area (Å²) >= 11 is 1.91. The van der Waals surface area contributed by atoms with Gasteiger partial charge in [0.2, 0.25) is 0 Å². The number of amides is 1. The van der Waals surface area contributed by atoms with Crippen molar-refractivity contribution < 1.29 is 9.53 Å². The average molecular weight is 352 g/mol. The lowest BCUT2D eigenvalue weighted by atomic mass is 10.0. The number of likely N-dealkylation sites (tertiary alicyclic amines) is 1. The Morgan fingerprint density at radius 2 is 1.92 bits per heavy atom. The van der Waals surface area contributed by atoms with E-state index in [4.69, 9.17) is 4.74 Å². The molecule has 1 aromatic rings. The highest BCUT2D eigenvalue weighted by Crippen LogP contribution is 2.25. The third-order valence-corrected chi connectivity index (χ3v) is 4.80. The second kappa shape index (κ2) is 10.7. The highest BCUT2D eigenvalue weighted by molar-refractivity contribution is 7.99. The first-order valence-corrected chi connectivity index (χ1v) is 10.1.